The Hall–Kier alpha value is -2.18. The maximum absolute atomic E-state index is 6.19. The number of hydrogen-bond donors (Lipinski definition) is 0. The van der Waals surface area contributed by atoms with Gasteiger partial charge in [-0.2, -0.15) is 0 Å². The van der Waals surface area contributed by atoms with Gasteiger partial charge in [-0.25, -0.2) is 0 Å². The van der Waals surface area contributed by atoms with Crippen LogP contribution in [0.3, 0.4) is 0 Å². The van der Waals surface area contributed by atoms with Crippen molar-refractivity contribution >= 4 is 11.6 Å². The van der Waals surface area contributed by atoms with E-state index < -0.39 is 0 Å². The molecule has 3 aromatic rings. The third kappa shape index (κ3) is 3.07. The number of benzene rings is 1. The number of aromatic nitrogens is 4. The number of nitrogens with zero attached hydrogens (tertiary/aromatic N) is 4. The van der Waals surface area contributed by atoms with Gasteiger partial charge in [0.2, 0.25) is 0 Å². The molecule has 0 radical (unpaired) electrons. The summed E-state index contributed by atoms with van der Waals surface area (Å²) in [6.07, 6.45) is 4.31. The van der Waals surface area contributed by atoms with Crippen molar-refractivity contribution in [2.24, 2.45) is 0 Å². The number of fused-ring (bicyclic) bond motifs is 3. The summed E-state index contributed by atoms with van der Waals surface area (Å²) in [6.45, 7) is 2.95. The zero-order valence-electron chi connectivity index (χ0n) is 15.2. The summed E-state index contributed by atoms with van der Waals surface area (Å²) in [6, 6.07) is 8.00. The third-order valence-electron chi connectivity index (χ3n) is 5.68. The van der Waals surface area contributed by atoms with Gasteiger partial charge in [0.25, 0.3) is 0 Å². The van der Waals surface area contributed by atoms with Crippen molar-refractivity contribution in [2.75, 3.05) is 0 Å². The minimum Gasteiger partial charge on any atom is -0.369 e. The van der Waals surface area contributed by atoms with Gasteiger partial charge in [-0.15, -0.1) is 10.2 Å². The lowest BCUT2D eigenvalue weighted by Crippen LogP contribution is -2.17. The summed E-state index contributed by atoms with van der Waals surface area (Å²) in [5, 5.41) is 13.9. The predicted molar refractivity (Wildman–Crippen MR) is 100 cm³/mol. The van der Waals surface area contributed by atoms with E-state index in [-0.39, 0.29) is 0 Å². The molecule has 1 saturated carbocycles. The number of ether oxygens (including phenoxy) is 1. The molecule has 7 heteroatoms. The molecule has 27 heavy (non-hydrogen) atoms. The molecule has 3 heterocycles. The maximum Gasteiger partial charge on any atom is 0.163 e. The van der Waals surface area contributed by atoms with E-state index in [2.05, 4.69) is 26.0 Å². The van der Waals surface area contributed by atoms with Gasteiger partial charge in [-0.05, 0) is 50.8 Å². The Morgan fingerprint density at radius 3 is 2.63 bits per heavy atom. The van der Waals surface area contributed by atoms with Crippen LogP contribution in [-0.4, -0.2) is 19.9 Å². The fourth-order valence-electron chi connectivity index (χ4n) is 4.32. The van der Waals surface area contributed by atoms with E-state index in [1.807, 2.05) is 25.1 Å². The number of rotatable bonds is 2. The van der Waals surface area contributed by atoms with E-state index >= 15 is 0 Å². The summed E-state index contributed by atoms with van der Waals surface area (Å²) >= 11 is 6.19. The topological polar surface area (TPSA) is 66.0 Å². The van der Waals surface area contributed by atoms with Gasteiger partial charge in [0.1, 0.15) is 18.2 Å². The van der Waals surface area contributed by atoms with Crippen LogP contribution in [0.1, 0.15) is 66.2 Å². The van der Waals surface area contributed by atoms with Crippen molar-refractivity contribution in [3.8, 4) is 5.69 Å². The van der Waals surface area contributed by atoms with Crippen LogP contribution in [-0.2, 0) is 18.0 Å². The van der Waals surface area contributed by atoms with Gasteiger partial charge in [-0.3, -0.25) is 4.57 Å². The Labute approximate surface area is 162 Å². The molecule has 1 aromatic carbocycles. The highest BCUT2D eigenvalue weighted by molar-refractivity contribution is 6.30. The fourth-order valence-corrected chi connectivity index (χ4v) is 4.51. The normalized spacial score (nSPS) is 22.1. The monoisotopic (exact) mass is 384 g/mol. The Kier molecular flexibility index (Phi) is 4.25. The second-order valence-electron chi connectivity index (χ2n) is 7.49. The van der Waals surface area contributed by atoms with Crippen molar-refractivity contribution in [1.82, 2.24) is 19.9 Å². The molecule has 2 aromatic heterocycles. The Morgan fingerprint density at radius 1 is 1.04 bits per heavy atom. The summed E-state index contributed by atoms with van der Waals surface area (Å²) in [5.74, 6) is 3.64. The highest BCUT2D eigenvalue weighted by Crippen LogP contribution is 2.41. The van der Waals surface area contributed by atoms with Crippen LogP contribution in [0.5, 0.6) is 0 Å². The summed E-state index contributed by atoms with van der Waals surface area (Å²) < 4.78 is 13.2. The number of aryl methyl sites for hydroxylation is 1. The van der Waals surface area contributed by atoms with Gasteiger partial charge in [0.05, 0.1) is 18.0 Å². The molecular formula is C20H21ClN4O2. The molecule has 1 aliphatic heterocycles. The van der Waals surface area contributed by atoms with Crippen LogP contribution in [0, 0.1) is 6.92 Å². The number of halogens is 1. The smallest absolute Gasteiger partial charge is 0.163 e. The van der Waals surface area contributed by atoms with Crippen LogP contribution >= 0.6 is 11.6 Å². The molecule has 0 atom stereocenters. The van der Waals surface area contributed by atoms with E-state index in [4.69, 9.17) is 20.9 Å². The molecule has 6 nitrogen and oxygen atoms in total. The van der Waals surface area contributed by atoms with Crippen molar-refractivity contribution in [3.63, 3.8) is 0 Å². The van der Waals surface area contributed by atoms with Crippen LogP contribution in [0.4, 0.5) is 0 Å². The van der Waals surface area contributed by atoms with E-state index in [0.29, 0.717) is 25.0 Å². The van der Waals surface area contributed by atoms with Gasteiger partial charge >= 0.3 is 0 Å². The van der Waals surface area contributed by atoms with Crippen molar-refractivity contribution in [1.29, 1.82) is 0 Å². The summed E-state index contributed by atoms with van der Waals surface area (Å²) in [7, 11) is 0. The van der Waals surface area contributed by atoms with Crippen molar-refractivity contribution in [3.05, 3.63) is 58.0 Å². The van der Waals surface area contributed by atoms with Crippen molar-refractivity contribution in [2.45, 2.75) is 57.7 Å². The molecule has 1 fully saturated rings. The van der Waals surface area contributed by atoms with Gasteiger partial charge in [0.15, 0.2) is 5.82 Å². The lowest BCUT2D eigenvalue weighted by atomic mass is 9.80. The Morgan fingerprint density at radius 2 is 1.85 bits per heavy atom. The van der Waals surface area contributed by atoms with Gasteiger partial charge in [0, 0.05) is 28.5 Å². The standard InChI is InChI=1S/C20H21ClN4O2/c1-12-8-17(24-27-12)13-2-4-14(5-3-13)20-23-22-19-11-26-10-15-9-16(21)6-7-18(15)25(19)20/h6-9,13-14H,2-5,10-11H2,1H3. The van der Waals surface area contributed by atoms with Crippen LogP contribution in [0.15, 0.2) is 28.8 Å². The lowest BCUT2D eigenvalue weighted by molar-refractivity contribution is 0.105. The lowest BCUT2D eigenvalue weighted by Gasteiger charge is -2.27. The average molecular weight is 385 g/mol. The van der Waals surface area contributed by atoms with E-state index in [9.17, 15) is 0 Å². The largest absolute Gasteiger partial charge is 0.369 e. The molecule has 5 rings (SSSR count). The van der Waals surface area contributed by atoms with Crippen LogP contribution in [0.25, 0.3) is 5.69 Å². The van der Waals surface area contributed by atoms with Gasteiger partial charge in [-0.1, -0.05) is 16.8 Å². The van der Waals surface area contributed by atoms with Crippen LogP contribution in [0.2, 0.25) is 5.02 Å². The first-order chi connectivity index (χ1) is 13.2. The van der Waals surface area contributed by atoms with E-state index in [0.717, 1.165) is 65.1 Å². The molecule has 140 valence electrons. The summed E-state index contributed by atoms with van der Waals surface area (Å²) in [5.41, 5.74) is 3.25. The Bertz CT molecular complexity index is 972. The maximum atomic E-state index is 6.19. The SMILES string of the molecule is Cc1cc(C2CCC(c3nnc4n3-c3ccc(Cl)cc3COC4)CC2)no1. The van der Waals surface area contributed by atoms with Gasteiger partial charge < -0.3 is 9.26 Å². The highest BCUT2D eigenvalue weighted by atomic mass is 35.5. The minimum absolute atomic E-state index is 0.386. The molecule has 0 amide bonds. The molecule has 0 N–H and O–H groups in total. The van der Waals surface area contributed by atoms with Crippen molar-refractivity contribution < 1.29 is 9.26 Å². The molecule has 0 bridgehead atoms. The quantitative estimate of drug-likeness (QED) is 0.641. The minimum atomic E-state index is 0.386. The first-order valence-electron chi connectivity index (χ1n) is 9.43. The predicted octanol–water partition coefficient (Wildman–Crippen LogP) is 4.69. The second kappa shape index (κ2) is 6.77. The van der Waals surface area contributed by atoms with Crippen LogP contribution < -0.4 is 0 Å². The van der Waals surface area contributed by atoms with E-state index in [1.54, 1.807) is 0 Å². The molecule has 1 aliphatic carbocycles. The number of hydrogen-bond acceptors (Lipinski definition) is 5. The molecule has 0 unspecified atom stereocenters. The molecule has 0 saturated heterocycles. The third-order valence-corrected chi connectivity index (χ3v) is 5.92. The zero-order chi connectivity index (χ0) is 18.4. The molecular weight excluding hydrogens is 364 g/mol. The molecule has 2 aliphatic rings. The second-order valence-corrected chi connectivity index (χ2v) is 7.92. The molecule has 0 spiro atoms. The first-order valence-corrected chi connectivity index (χ1v) is 9.81. The van der Waals surface area contributed by atoms with E-state index in [1.165, 1.54) is 0 Å². The first kappa shape index (κ1) is 17.0. The average Bonchev–Trinajstić information content (AvgIpc) is 3.25. The summed E-state index contributed by atoms with van der Waals surface area (Å²) in [4.78, 5) is 0. The zero-order valence-corrected chi connectivity index (χ0v) is 15.9. The Balaban J connectivity index is 1.43. The highest BCUT2D eigenvalue weighted by Gasteiger charge is 2.30. The fraction of sp³-hybridized carbons (Fsp3) is 0.450.